The van der Waals surface area contributed by atoms with Crippen LogP contribution >= 0.6 is 0 Å². The third kappa shape index (κ3) is 3.04. The quantitative estimate of drug-likeness (QED) is 0.604. The number of rotatable bonds is 4. The fourth-order valence-corrected chi connectivity index (χ4v) is 2.68. The minimum atomic E-state index is -0.172. The lowest BCUT2D eigenvalue weighted by atomic mass is 10.0. The standard InChI is InChI=1S/C20H16N2O3/c1-13-4-6-14(7-5-13)19-17-11-15(8-9-18(17)22-25-19)20(23)21-12-16-3-2-10-24-16/h2-11H,12H2,1H3,(H,21,23). The normalized spacial score (nSPS) is 10.9. The zero-order valence-electron chi connectivity index (χ0n) is 13.7. The van der Waals surface area contributed by atoms with Crippen molar-refractivity contribution < 1.29 is 13.7 Å². The summed E-state index contributed by atoms with van der Waals surface area (Å²) in [5, 5.41) is 7.74. The van der Waals surface area contributed by atoms with Crippen LogP contribution in [0.1, 0.15) is 21.7 Å². The molecule has 4 aromatic rings. The summed E-state index contributed by atoms with van der Waals surface area (Å²) in [6.07, 6.45) is 1.58. The van der Waals surface area contributed by atoms with Crippen LogP contribution in [0.25, 0.3) is 22.2 Å². The van der Waals surface area contributed by atoms with Crippen LogP contribution in [0.2, 0.25) is 0 Å². The van der Waals surface area contributed by atoms with Crippen LogP contribution in [0, 0.1) is 6.92 Å². The number of nitrogens with zero attached hydrogens (tertiary/aromatic N) is 1. The zero-order valence-corrected chi connectivity index (χ0v) is 13.7. The van der Waals surface area contributed by atoms with Crippen LogP contribution in [0.15, 0.2) is 69.8 Å². The third-order valence-electron chi connectivity index (χ3n) is 4.06. The van der Waals surface area contributed by atoms with Crippen molar-refractivity contribution in [2.75, 3.05) is 0 Å². The number of benzene rings is 2. The molecule has 0 aliphatic carbocycles. The van der Waals surface area contributed by atoms with E-state index in [9.17, 15) is 4.79 Å². The molecule has 4 rings (SSSR count). The Bertz CT molecular complexity index is 1010. The number of hydrogen-bond donors (Lipinski definition) is 1. The first-order chi connectivity index (χ1) is 12.2. The van der Waals surface area contributed by atoms with Crippen molar-refractivity contribution in [3.63, 3.8) is 0 Å². The van der Waals surface area contributed by atoms with E-state index in [1.165, 1.54) is 5.56 Å². The first-order valence-corrected chi connectivity index (χ1v) is 7.98. The Labute approximate surface area is 144 Å². The molecule has 0 unspecified atom stereocenters. The average molecular weight is 332 g/mol. The molecule has 5 nitrogen and oxygen atoms in total. The summed E-state index contributed by atoms with van der Waals surface area (Å²) in [5.41, 5.74) is 3.38. The minimum Gasteiger partial charge on any atom is -0.467 e. The lowest BCUT2D eigenvalue weighted by Gasteiger charge is -2.04. The summed E-state index contributed by atoms with van der Waals surface area (Å²) >= 11 is 0. The molecule has 0 radical (unpaired) electrons. The zero-order chi connectivity index (χ0) is 17.2. The Morgan fingerprint density at radius 3 is 2.72 bits per heavy atom. The molecule has 2 aromatic carbocycles. The van der Waals surface area contributed by atoms with Crippen molar-refractivity contribution in [1.82, 2.24) is 10.5 Å². The monoisotopic (exact) mass is 332 g/mol. The van der Waals surface area contributed by atoms with Gasteiger partial charge in [-0.25, -0.2) is 0 Å². The molecular weight excluding hydrogens is 316 g/mol. The predicted molar refractivity (Wildman–Crippen MR) is 94.1 cm³/mol. The van der Waals surface area contributed by atoms with Gasteiger partial charge in [-0.3, -0.25) is 4.79 Å². The lowest BCUT2D eigenvalue weighted by molar-refractivity contribution is 0.0948. The molecule has 0 aliphatic rings. The molecule has 0 spiro atoms. The molecule has 0 aliphatic heterocycles. The van der Waals surface area contributed by atoms with Crippen LogP contribution in [-0.4, -0.2) is 11.1 Å². The average Bonchev–Trinajstić information content (AvgIpc) is 3.29. The van der Waals surface area contributed by atoms with Crippen molar-refractivity contribution in [3.8, 4) is 11.3 Å². The number of hydrogen-bond acceptors (Lipinski definition) is 4. The van der Waals surface area contributed by atoms with E-state index in [-0.39, 0.29) is 5.91 Å². The molecule has 0 fully saturated rings. The fraction of sp³-hybridized carbons (Fsp3) is 0.100. The van der Waals surface area contributed by atoms with Gasteiger partial charge in [0, 0.05) is 11.1 Å². The largest absolute Gasteiger partial charge is 0.467 e. The third-order valence-corrected chi connectivity index (χ3v) is 4.06. The highest BCUT2D eigenvalue weighted by molar-refractivity contribution is 6.00. The van der Waals surface area contributed by atoms with Gasteiger partial charge in [0.1, 0.15) is 11.3 Å². The summed E-state index contributed by atoms with van der Waals surface area (Å²) in [4.78, 5) is 12.4. The number of nitrogens with one attached hydrogen (secondary N) is 1. The first-order valence-electron chi connectivity index (χ1n) is 7.98. The van der Waals surface area contributed by atoms with Crippen LogP contribution in [0.5, 0.6) is 0 Å². The summed E-state index contributed by atoms with van der Waals surface area (Å²) in [6, 6.07) is 16.9. The molecule has 124 valence electrons. The number of aromatic nitrogens is 1. The molecule has 1 N–H and O–H groups in total. The van der Waals surface area contributed by atoms with Crippen molar-refractivity contribution in [1.29, 1.82) is 0 Å². The molecule has 0 bridgehead atoms. The Morgan fingerprint density at radius 1 is 1.12 bits per heavy atom. The molecule has 1 amide bonds. The maximum Gasteiger partial charge on any atom is 0.251 e. The van der Waals surface area contributed by atoms with Crippen molar-refractivity contribution in [3.05, 3.63) is 77.7 Å². The van der Waals surface area contributed by atoms with Crippen molar-refractivity contribution in [2.45, 2.75) is 13.5 Å². The first kappa shape index (κ1) is 15.2. The number of carbonyl (C=O) groups is 1. The molecule has 5 heteroatoms. The number of furan rings is 1. The second-order valence-electron chi connectivity index (χ2n) is 5.87. The number of amides is 1. The van der Waals surface area contributed by atoms with Gasteiger partial charge in [0.05, 0.1) is 18.2 Å². The Hall–Kier alpha value is -3.34. The van der Waals surface area contributed by atoms with Gasteiger partial charge in [0.25, 0.3) is 5.91 Å². The second kappa shape index (κ2) is 6.28. The highest BCUT2D eigenvalue weighted by Crippen LogP contribution is 2.29. The van der Waals surface area contributed by atoms with E-state index in [1.807, 2.05) is 37.3 Å². The minimum absolute atomic E-state index is 0.172. The number of carbonyl (C=O) groups excluding carboxylic acids is 1. The van der Waals surface area contributed by atoms with E-state index in [4.69, 9.17) is 8.94 Å². The van der Waals surface area contributed by atoms with Gasteiger partial charge >= 0.3 is 0 Å². The van der Waals surface area contributed by atoms with Crippen LogP contribution in [0.3, 0.4) is 0 Å². The summed E-state index contributed by atoms with van der Waals surface area (Å²) in [5.74, 6) is 1.20. The van der Waals surface area contributed by atoms with Crippen LogP contribution in [-0.2, 0) is 6.54 Å². The van der Waals surface area contributed by atoms with E-state index in [0.29, 0.717) is 23.6 Å². The summed E-state index contributed by atoms with van der Waals surface area (Å²) in [7, 11) is 0. The van der Waals surface area contributed by atoms with E-state index in [0.717, 1.165) is 16.5 Å². The molecule has 25 heavy (non-hydrogen) atoms. The topological polar surface area (TPSA) is 68.3 Å². The van der Waals surface area contributed by atoms with Gasteiger partial charge in [-0.2, -0.15) is 0 Å². The highest BCUT2D eigenvalue weighted by atomic mass is 16.5. The van der Waals surface area contributed by atoms with E-state index >= 15 is 0 Å². The Morgan fingerprint density at radius 2 is 1.96 bits per heavy atom. The van der Waals surface area contributed by atoms with Gasteiger partial charge in [0.15, 0.2) is 5.76 Å². The Balaban J connectivity index is 1.63. The molecular formula is C20H16N2O3. The van der Waals surface area contributed by atoms with E-state index in [1.54, 1.807) is 30.5 Å². The molecule has 2 aromatic heterocycles. The molecule has 0 saturated carbocycles. The van der Waals surface area contributed by atoms with Crippen molar-refractivity contribution >= 4 is 16.8 Å². The predicted octanol–water partition coefficient (Wildman–Crippen LogP) is 4.33. The Kier molecular flexibility index (Phi) is 3.82. The van der Waals surface area contributed by atoms with E-state index < -0.39 is 0 Å². The van der Waals surface area contributed by atoms with Gasteiger partial charge in [-0.15, -0.1) is 0 Å². The maximum atomic E-state index is 12.4. The van der Waals surface area contributed by atoms with Crippen LogP contribution < -0.4 is 5.32 Å². The summed E-state index contributed by atoms with van der Waals surface area (Å²) in [6.45, 7) is 2.38. The van der Waals surface area contributed by atoms with Gasteiger partial charge in [0.2, 0.25) is 0 Å². The van der Waals surface area contributed by atoms with Crippen molar-refractivity contribution in [2.24, 2.45) is 0 Å². The summed E-state index contributed by atoms with van der Waals surface area (Å²) < 4.78 is 10.7. The molecule has 0 saturated heterocycles. The maximum absolute atomic E-state index is 12.4. The smallest absolute Gasteiger partial charge is 0.251 e. The SMILES string of the molecule is Cc1ccc(-c2onc3ccc(C(=O)NCc4ccco4)cc23)cc1. The lowest BCUT2D eigenvalue weighted by Crippen LogP contribution is -2.22. The molecule has 2 heterocycles. The van der Waals surface area contributed by atoms with E-state index in [2.05, 4.69) is 10.5 Å². The van der Waals surface area contributed by atoms with Gasteiger partial charge in [-0.1, -0.05) is 35.0 Å². The van der Waals surface area contributed by atoms with Crippen LogP contribution in [0.4, 0.5) is 0 Å². The number of aryl methyl sites for hydroxylation is 1. The fourth-order valence-electron chi connectivity index (χ4n) is 2.68. The number of fused-ring (bicyclic) bond motifs is 1. The molecule has 0 atom stereocenters. The van der Waals surface area contributed by atoms with Gasteiger partial charge < -0.3 is 14.3 Å². The second-order valence-corrected chi connectivity index (χ2v) is 5.87. The highest BCUT2D eigenvalue weighted by Gasteiger charge is 2.14. The van der Waals surface area contributed by atoms with Gasteiger partial charge in [-0.05, 0) is 37.3 Å².